The van der Waals surface area contributed by atoms with Crippen LogP contribution in [0.4, 0.5) is 4.79 Å². The van der Waals surface area contributed by atoms with Crippen LogP contribution in [0.1, 0.15) is 30.5 Å². The van der Waals surface area contributed by atoms with Crippen molar-refractivity contribution in [2.24, 2.45) is 11.8 Å². The number of esters is 2. The number of para-hydroxylation sites is 2. The van der Waals surface area contributed by atoms with Crippen LogP contribution in [0.15, 0.2) is 140 Å². The summed E-state index contributed by atoms with van der Waals surface area (Å²) in [7, 11) is 1.52. The summed E-state index contributed by atoms with van der Waals surface area (Å²) in [6.07, 6.45) is 0.556. The Morgan fingerprint density at radius 2 is 1.13 bits per heavy atom. The van der Waals surface area contributed by atoms with Crippen molar-refractivity contribution in [2.45, 2.75) is 39.3 Å². The van der Waals surface area contributed by atoms with Gasteiger partial charge in [0.05, 0.1) is 13.0 Å². The topological polar surface area (TPSA) is 94.2 Å². The molecule has 0 radical (unpaired) electrons. The smallest absolute Gasteiger partial charge is 0.329 e. The summed E-state index contributed by atoms with van der Waals surface area (Å²) in [5.41, 5.74) is 4.76. The standard InChI is InChI=1S/C44H46N2O6/c1-32(2)29-46(30-38(27-33-15-7-4-8-16-33)42(47)52-41-22-14-13-21-40(41)50-3)44(49)45-39(43(48)51-31-35-17-9-5-10-18-35)28-34-23-25-37(26-24-34)36-19-11-6-12-20-36/h4-26,32,38-39H,27-31H2,1-3H3,(H,45,49)/t38?,39-/m0/s1. The van der Waals surface area contributed by atoms with Gasteiger partial charge in [-0.25, -0.2) is 9.59 Å². The lowest BCUT2D eigenvalue weighted by atomic mass is 9.98. The Morgan fingerprint density at radius 1 is 0.596 bits per heavy atom. The molecule has 5 aromatic rings. The summed E-state index contributed by atoms with van der Waals surface area (Å²) in [6, 6.07) is 42.5. The van der Waals surface area contributed by atoms with Crippen LogP contribution in [0.25, 0.3) is 11.1 Å². The minimum atomic E-state index is -0.985. The molecule has 52 heavy (non-hydrogen) atoms. The second kappa shape index (κ2) is 18.9. The Bertz CT molecular complexity index is 1860. The Morgan fingerprint density at radius 3 is 1.75 bits per heavy atom. The van der Waals surface area contributed by atoms with Crippen molar-refractivity contribution in [3.63, 3.8) is 0 Å². The SMILES string of the molecule is COc1ccccc1OC(=O)C(Cc1ccccc1)CN(CC(C)C)C(=O)N[C@@H](Cc1ccc(-c2ccccc2)cc1)C(=O)OCc1ccccc1. The van der Waals surface area contributed by atoms with Crippen LogP contribution in [0.5, 0.6) is 11.5 Å². The van der Waals surface area contributed by atoms with Gasteiger partial charge in [-0.3, -0.25) is 4.79 Å². The first-order valence-corrected chi connectivity index (χ1v) is 17.6. The number of hydrogen-bond donors (Lipinski definition) is 1. The number of urea groups is 1. The molecule has 5 rings (SSSR count). The second-order valence-electron chi connectivity index (χ2n) is 13.1. The van der Waals surface area contributed by atoms with Crippen molar-refractivity contribution in [3.05, 3.63) is 156 Å². The van der Waals surface area contributed by atoms with E-state index in [-0.39, 0.29) is 25.5 Å². The molecule has 0 heterocycles. The van der Waals surface area contributed by atoms with Crippen molar-refractivity contribution in [1.29, 1.82) is 0 Å². The highest BCUT2D eigenvalue weighted by atomic mass is 16.6. The molecule has 0 spiro atoms. The van der Waals surface area contributed by atoms with Gasteiger partial charge in [-0.05, 0) is 52.3 Å². The van der Waals surface area contributed by atoms with Crippen molar-refractivity contribution in [3.8, 4) is 22.6 Å². The largest absolute Gasteiger partial charge is 0.493 e. The van der Waals surface area contributed by atoms with Gasteiger partial charge in [-0.1, -0.05) is 141 Å². The average Bonchev–Trinajstić information content (AvgIpc) is 3.17. The Hall–Kier alpha value is -5.89. The monoisotopic (exact) mass is 698 g/mol. The van der Waals surface area contributed by atoms with E-state index in [2.05, 4.69) is 5.32 Å². The number of carbonyl (C=O) groups excluding carboxylic acids is 3. The molecule has 1 unspecified atom stereocenters. The number of carbonyl (C=O) groups is 3. The van der Waals surface area contributed by atoms with E-state index in [1.165, 1.54) is 7.11 Å². The van der Waals surface area contributed by atoms with Gasteiger partial charge in [0.25, 0.3) is 0 Å². The average molecular weight is 699 g/mol. The van der Waals surface area contributed by atoms with E-state index in [9.17, 15) is 14.4 Å². The van der Waals surface area contributed by atoms with Crippen molar-refractivity contribution < 1.29 is 28.6 Å². The Labute approximate surface area is 306 Å². The second-order valence-corrected chi connectivity index (χ2v) is 13.1. The number of ether oxygens (including phenoxy) is 3. The third kappa shape index (κ3) is 11.1. The third-order valence-corrected chi connectivity index (χ3v) is 8.56. The predicted octanol–water partition coefficient (Wildman–Crippen LogP) is 8.15. The van der Waals surface area contributed by atoms with Gasteiger partial charge in [-0.15, -0.1) is 0 Å². The van der Waals surface area contributed by atoms with Gasteiger partial charge >= 0.3 is 18.0 Å². The molecule has 0 saturated heterocycles. The lowest BCUT2D eigenvalue weighted by Crippen LogP contribution is -2.52. The van der Waals surface area contributed by atoms with Crippen LogP contribution in [0.3, 0.4) is 0 Å². The molecule has 0 fully saturated rings. The fraction of sp³-hybridized carbons (Fsp3) is 0.250. The molecule has 0 aromatic heterocycles. The molecule has 2 amide bonds. The molecule has 0 aliphatic heterocycles. The van der Waals surface area contributed by atoms with Crippen LogP contribution in [-0.2, 0) is 33.8 Å². The highest BCUT2D eigenvalue weighted by molar-refractivity contribution is 5.84. The lowest BCUT2D eigenvalue weighted by Gasteiger charge is -2.30. The first kappa shape index (κ1) is 37.4. The maximum Gasteiger partial charge on any atom is 0.329 e. The summed E-state index contributed by atoms with van der Waals surface area (Å²) >= 11 is 0. The number of benzene rings is 5. The van der Waals surface area contributed by atoms with Crippen molar-refractivity contribution in [2.75, 3.05) is 20.2 Å². The first-order valence-electron chi connectivity index (χ1n) is 17.6. The minimum Gasteiger partial charge on any atom is -0.493 e. The fourth-order valence-electron chi connectivity index (χ4n) is 5.93. The highest BCUT2D eigenvalue weighted by Gasteiger charge is 2.31. The number of amides is 2. The van der Waals surface area contributed by atoms with Gasteiger partial charge in [-0.2, -0.15) is 0 Å². The highest BCUT2D eigenvalue weighted by Crippen LogP contribution is 2.27. The van der Waals surface area contributed by atoms with Crippen LogP contribution in [0, 0.1) is 11.8 Å². The van der Waals surface area contributed by atoms with Gasteiger partial charge in [0.2, 0.25) is 0 Å². The summed E-state index contributed by atoms with van der Waals surface area (Å²) in [5.74, 6) is -0.960. The minimum absolute atomic E-state index is 0.0600. The Kier molecular flexibility index (Phi) is 13.6. The molecule has 0 saturated carbocycles. The van der Waals surface area contributed by atoms with Crippen molar-refractivity contribution >= 4 is 18.0 Å². The quantitative estimate of drug-likeness (QED) is 0.0826. The maximum atomic E-state index is 14.2. The van der Waals surface area contributed by atoms with Crippen LogP contribution < -0.4 is 14.8 Å². The number of methoxy groups -OCH3 is 1. The molecule has 2 atom stereocenters. The van der Waals surface area contributed by atoms with E-state index < -0.39 is 29.9 Å². The number of nitrogens with zero attached hydrogens (tertiary/aromatic N) is 1. The van der Waals surface area contributed by atoms with Crippen LogP contribution in [0.2, 0.25) is 0 Å². The molecule has 0 bridgehead atoms. The molecule has 8 nitrogen and oxygen atoms in total. The van der Waals surface area contributed by atoms with E-state index >= 15 is 0 Å². The normalized spacial score (nSPS) is 12.0. The molecule has 1 N–H and O–H groups in total. The van der Waals surface area contributed by atoms with E-state index in [1.54, 1.807) is 29.2 Å². The summed E-state index contributed by atoms with van der Waals surface area (Å²) in [6.45, 7) is 4.47. The molecule has 8 heteroatoms. The predicted molar refractivity (Wildman–Crippen MR) is 203 cm³/mol. The molecule has 0 aliphatic rings. The van der Waals surface area contributed by atoms with Gasteiger partial charge in [0, 0.05) is 19.5 Å². The molecular formula is C44H46N2O6. The zero-order valence-corrected chi connectivity index (χ0v) is 29.9. The number of rotatable bonds is 16. The molecule has 268 valence electrons. The molecular weight excluding hydrogens is 652 g/mol. The maximum absolute atomic E-state index is 14.2. The summed E-state index contributed by atoms with van der Waals surface area (Å²) in [5, 5.41) is 2.97. The van der Waals surface area contributed by atoms with E-state index in [4.69, 9.17) is 14.2 Å². The van der Waals surface area contributed by atoms with Crippen molar-refractivity contribution in [1.82, 2.24) is 10.2 Å². The van der Waals surface area contributed by atoms with E-state index in [0.717, 1.165) is 27.8 Å². The van der Waals surface area contributed by atoms with Gasteiger partial charge in [0.15, 0.2) is 11.5 Å². The zero-order valence-electron chi connectivity index (χ0n) is 29.9. The Balaban J connectivity index is 1.38. The summed E-state index contributed by atoms with van der Waals surface area (Å²) in [4.78, 5) is 43.3. The molecule has 0 aliphatic carbocycles. The van der Waals surface area contributed by atoms with Crippen LogP contribution in [-0.4, -0.2) is 49.1 Å². The molecule has 5 aromatic carbocycles. The fourth-order valence-corrected chi connectivity index (χ4v) is 5.93. The lowest BCUT2D eigenvalue weighted by molar-refractivity contribution is -0.147. The third-order valence-electron chi connectivity index (χ3n) is 8.56. The summed E-state index contributed by atoms with van der Waals surface area (Å²) < 4.78 is 17.0. The number of nitrogens with one attached hydrogen (secondary N) is 1. The van der Waals surface area contributed by atoms with Gasteiger partial charge in [0.1, 0.15) is 12.6 Å². The van der Waals surface area contributed by atoms with E-state index in [1.807, 2.05) is 129 Å². The zero-order chi connectivity index (χ0) is 36.7. The first-order chi connectivity index (χ1) is 25.3. The number of hydrogen-bond acceptors (Lipinski definition) is 6. The van der Waals surface area contributed by atoms with Crippen LogP contribution >= 0.6 is 0 Å². The van der Waals surface area contributed by atoms with E-state index in [0.29, 0.717) is 24.5 Å². The van der Waals surface area contributed by atoms with Gasteiger partial charge < -0.3 is 24.4 Å².